The van der Waals surface area contributed by atoms with Crippen molar-refractivity contribution in [1.82, 2.24) is 14.5 Å². The maximum absolute atomic E-state index is 12.8. The molecule has 1 heterocycles. The summed E-state index contributed by atoms with van der Waals surface area (Å²) in [6.45, 7) is 10.4. The highest BCUT2D eigenvalue weighted by molar-refractivity contribution is 7.89. The van der Waals surface area contributed by atoms with Crippen molar-refractivity contribution in [2.24, 2.45) is 0 Å². The summed E-state index contributed by atoms with van der Waals surface area (Å²) in [5.41, 5.74) is 1.12. The molecule has 140 valence electrons. The molecule has 1 saturated heterocycles. The normalized spacial score (nSPS) is 18.3. The Balaban J connectivity index is 2.02. The first-order chi connectivity index (χ1) is 11.8. The van der Waals surface area contributed by atoms with Crippen LogP contribution >= 0.6 is 0 Å². The summed E-state index contributed by atoms with van der Waals surface area (Å²) in [7, 11) is -3.48. The average molecular weight is 368 g/mol. The van der Waals surface area contributed by atoms with Crippen LogP contribution in [0.5, 0.6) is 0 Å². The third kappa shape index (κ3) is 4.59. The van der Waals surface area contributed by atoms with E-state index < -0.39 is 10.0 Å². The van der Waals surface area contributed by atoms with Crippen LogP contribution in [0.1, 0.15) is 39.2 Å². The number of carbonyl (C=O) groups excluding carboxylic acids is 1. The SMILES string of the molecule is CCNC(=O)[C@H](C)N1CCN(S(=O)(=O)c2ccc(C(C)C)cc2)CC1. The van der Waals surface area contributed by atoms with E-state index in [-0.39, 0.29) is 11.9 Å². The van der Waals surface area contributed by atoms with Crippen LogP contribution < -0.4 is 5.32 Å². The second kappa shape index (κ2) is 8.29. The lowest BCUT2D eigenvalue weighted by atomic mass is 10.0. The lowest BCUT2D eigenvalue weighted by Gasteiger charge is -2.36. The van der Waals surface area contributed by atoms with Gasteiger partial charge < -0.3 is 5.32 Å². The highest BCUT2D eigenvalue weighted by Gasteiger charge is 2.31. The molecule has 1 N–H and O–H groups in total. The molecule has 0 aromatic heterocycles. The van der Waals surface area contributed by atoms with Crippen molar-refractivity contribution in [1.29, 1.82) is 0 Å². The van der Waals surface area contributed by atoms with Gasteiger partial charge in [-0.15, -0.1) is 0 Å². The van der Waals surface area contributed by atoms with Crippen molar-refractivity contribution in [3.63, 3.8) is 0 Å². The number of sulfonamides is 1. The zero-order valence-electron chi connectivity index (χ0n) is 15.5. The number of likely N-dealkylation sites (N-methyl/N-ethyl adjacent to an activating group) is 1. The van der Waals surface area contributed by atoms with Gasteiger partial charge in [0, 0.05) is 32.7 Å². The average Bonchev–Trinajstić information content (AvgIpc) is 2.61. The molecule has 0 saturated carbocycles. The van der Waals surface area contributed by atoms with E-state index in [0.29, 0.717) is 43.5 Å². The third-order valence-corrected chi connectivity index (χ3v) is 6.65. The highest BCUT2D eigenvalue weighted by Crippen LogP contribution is 2.21. The number of piperazine rings is 1. The predicted molar refractivity (Wildman–Crippen MR) is 99.0 cm³/mol. The topological polar surface area (TPSA) is 69.7 Å². The van der Waals surface area contributed by atoms with Crippen molar-refractivity contribution >= 4 is 15.9 Å². The van der Waals surface area contributed by atoms with Gasteiger partial charge in [-0.2, -0.15) is 4.31 Å². The van der Waals surface area contributed by atoms with E-state index in [2.05, 4.69) is 19.2 Å². The molecule has 7 heteroatoms. The fourth-order valence-corrected chi connectivity index (χ4v) is 4.41. The van der Waals surface area contributed by atoms with Gasteiger partial charge in [0.1, 0.15) is 0 Å². The minimum Gasteiger partial charge on any atom is -0.355 e. The van der Waals surface area contributed by atoms with Crippen LogP contribution in [-0.2, 0) is 14.8 Å². The van der Waals surface area contributed by atoms with Crippen LogP contribution in [-0.4, -0.2) is 62.3 Å². The Morgan fingerprint density at radius 2 is 1.64 bits per heavy atom. The third-order valence-electron chi connectivity index (χ3n) is 4.74. The molecule has 0 radical (unpaired) electrons. The molecule has 0 unspecified atom stereocenters. The zero-order valence-corrected chi connectivity index (χ0v) is 16.3. The fraction of sp³-hybridized carbons (Fsp3) is 0.611. The number of carbonyl (C=O) groups is 1. The Morgan fingerprint density at radius 1 is 1.08 bits per heavy atom. The van der Waals surface area contributed by atoms with Crippen molar-refractivity contribution in [2.75, 3.05) is 32.7 Å². The standard InChI is InChI=1S/C18H29N3O3S/c1-5-19-18(22)15(4)20-10-12-21(13-11-20)25(23,24)17-8-6-16(7-9-17)14(2)3/h6-9,14-15H,5,10-13H2,1-4H3,(H,19,22)/t15-/m0/s1. The summed E-state index contributed by atoms with van der Waals surface area (Å²) in [4.78, 5) is 14.3. The second-order valence-corrected chi connectivity index (χ2v) is 8.67. The molecule has 1 amide bonds. The Kier molecular flexibility index (Phi) is 6.59. The molecule has 2 rings (SSSR count). The van der Waals surface area contributed by atoms with Crippen molar-refractivity contribution in [3.8, 4) is 0 Å². The minimum absolute atomic E-state index is 0.0110. The summed E-state index contributed by atoms with van der Waals surface area (Å²) >= 11 is 0. The predicted octanol–water partition coefficient (Wildman–Crippen LogP) is 1.64. The Bertz CT molecular complexity index is 678. The number of hydrogen-bond donors (Lipinski definition) is 1. The molecule has 1 atom stereocenters. The molecular weight excluding hydrogens is 338 g/mol. The van der Waals surface area contributed by atoms with Crippen LogP contribution in [0, 0.1) is 0 Å². The molecule has 0 spiro atoms. The van der Waals surface area contributed by atoms with Crippen LogP contribution in [0.4, 0.5) is 0 Å². The van der Waals surface area contributed by atoms with Crippen LogP contribution in [0.3, 0.4) is 0 Å². The summed E-state index contributed by atoms with van der Waals surface area (Å²) < 4.78 is 27.1. The quantitative estimate of drug-likeness (QED) is 0.830. The molecule has 1 aliphatic heterocycles. The fourth-order valence-electron chi connectivity index (χ4n) is 2.99. The van der Waals surface area contributed by atoms with E-state index in [1.807, 2.05) is 30.9 Å². The largest absolute Gasteiger partial charge is 0.355 e. The van der Waals surface area contributed by atoms with Crippen LogP contribution in [0.25, 0.3) is 0 Å². The summed E-state index contributed by atoms with van der Waals surface area (Å²) in [5.74, 6) is 0.360. The Morgan fingerprint density at radius 3 is 2.12 bits per heavy atom. The first kappa shape index (κ1) is 19.9. The monoisotopic (exact) mass is 367 g/mol. The van der Waals surface area contributed by atoms with E-state index in [9.17, 15) is 13.2 Å². The number of nitrogens with zero attached hydrogens (tertiary/aromatic N) is 2. The van der Waals surface area contributed by atoms with Crippen molar-refractivity contribution in [3.05, 3.63) is 29.8 Å². The summed E-state index contributed by atoms with van der Waals surface area (Å²) in [5, 5.41) is 2.81. The number of benzene rings is 1. The number of nitrogens with one attached hydrogen (secondary N) is 1. The number of amides is 1. The van der Waals surface area contributed by atoms with Crippen LogP contribution in [0.15, 0.2) is 29.2 Å². The van der Waals surface area contributed by atoms with Gasteiger partial charge in [-0.05, 0) is 37.5 Å². The highest BCUT2D eigenvalue weighted by atomic mass is 32.2. The molecule has 1 fully saturated rings. The van der Waals surface area contributed by atoms with E-state index in [1.54, 1.807) is 12.1 Å². The van der Waals surface area contributed by atoms with Gasteiger partial charge in [-0.1, -0.05) is 26.0 Å². The van der Waals surface area contributed by atoms with Gasteiger partial charge in [-0.3, -0.25) is 9.69 Å². The molecule has 1 aromatic rings. The van der Waals surface area contributed by atoms with E-state index >= 15 is 0 Å². The van der Waals surface area contributed by atoms with Gasteiger partial charge in [0.15, 0.2) is 0 Å². The first-order valence-electron chi connectivity index (χ1n) is 8.89. The molecule has 1 aliphatic rings. The summed E-state index contributed by atoms with van der Waals surface area (Å²) in [6.07, 6.45) is 0. The number of hydrogen-bond acceptors (Lipinski definition) is 4. The lowest BCUT2D eigenvalue weighted by molar-refractivity contribution is -0.126. The van der Waals surface area contributed by atoms with Gasteiger partial charge in [0.2, 0.25) is 15.9 Å². The Labute approximate surface area is 151 Å². The molecule has 0 aliphatic carbocycles. The van der Waals surface area contributed by atoms with Crippen molar-refractivity contribution < 1.29 is 13.2 Å². The van der Waals surface area contributed by atoms with Crippen molar-refractivity contribution in [2.45, 2.75) is 44.6 Å². The van der Waals surface area contributed by atoms with Gasteiger partial charge >= 0.3 is 0 Å². The smallest absolute Gasteiger partial charge is 0.243 e. The van der Waals surface area contributed by atoms with Gasteiger partial charge in [0.25, 0.3) is 0 Å². The lowest BCUT2D eigenvalue weighted by Crippen LogP contribution is -2.54. The van der Waals surface area contributed by atoms with Crippen LogP contribution in [0.2, 0.25) is 0 Å². The van der Waals surface area contributed by atoms with E-state index in [1.165, 1.54) is 4.31 Å². The summed E-state index contributed by atoms with van der Waals surface area (Å²) in [6, 6.07) is 6.90. The maximum atomic E-state index is 12.8. The maximum Gasteiger partial charge on any atom is 0.243 e. The number of rotatable bonds is 6. The molecule has 25 heavy (non-hydrogen) atoms. The first-order valence-corrected chi connectivity index (χ1v) is 10.3. The van der Waals surface area contributed by atoms with Gasteiger partial charge in [0.05, 0.1) is 10.9 Å². The zero-order chi connectivity index (χ0) is 18.6. The molecule has 6 nitrogen and oxygen atoms in total. The molecule has 1 aromatic carbocycles. The second-order valence-electron chi connectivity index (χ2n) is 6.73. The molecular formula is C18H29N3O3S. The minimum atomic E-state index is -3.48. The Hall–Kier alpha value is -1.44. The van der Waals surface area contributed by atoms with E-state index in [0.717, 1.165) is 5.56 Å². The van der Waals surface area contributed by atoms with E-state index in [4.69, 9.17) is 0 Å². The van der Waals surface area contributed by atoms with Gasteiger partial charge in [-0.25, -0.2) is 8.42 Å². The molecule has 0 bridgehead atoms.